The summed E-state index contributed by atoms with van der Waals surface area (Å²) in [7, 11) is -0.858. The zero-order chi connectivity index (χ0) is 16.5. The van der Waals surface area contributed by atoms with Crippen LogP contribution in [0.3, 0.4) is 0 Å². The Balaban J connectivity index is 2.35. The maximum absolute atomic E-state index is 12.5. The van der Waals surface area contributed by atoms with Crippen LogP contribution in [-0.2, 0) is 14.8 Å². The Kier molecular flexibility index (Phi) is 5.11. The molecule has 1 fully saturated rings. The molecule has 0 spiro atoms. The summed E-state index contributed by atoms with van der Waals surface area (Å²) < 4.78 is 31.0. The van der Waals surface area contributed by atoms with E-state index in [1.807, 2.05) is 6.92 Å². The van der Waals surface area contributed by atoms with Crippen molar-refractivity contribution in [3.63, 3.8) is 0 Å². The Labute approximate surface area is 135 Å². The summed E-state index contributed by atoms with van der Waals surface area (Å²) in [5.41, 5.74) is 0.305. The van der Waals surface area contributed by atoms with Crippen LogP contribution in [0.15, 0.2) is 23.1 Å². The summed E-state index contributed by atoms with van der Waals surface area (Å²) in [6.45, 7) is 3.34. The molecular weight excluding hydrogens is 328 g/mol. The van der Waals surface area contributed by atoms with Crippen LogP contribution in [0.1, 0.15) is 17.3 Å². The normalized spacial score (nSPS) is 19.5. The van der Waals surface area contributed by atoms with Gasteiger partial charge in [-0.3, -0.25) is 4.79 Å². The standard InChI is InChI=1S/C14H19ClN2O4S/c1-10-9-17(6-7-21-10)14(18)11-4-5-12(15)13(8-11)22(19,20)16(2)3/h4-5,8,10H,6-7,9H2,1-3H3/t10-/m0/s1. The average molecular weight is 347 g/mol. The molecule has 1 aromatic carbocycles. The number of ether oxygens (including phenoxy) is 1. The van der Waals surface area contributed by atoms with Crippen LogP contribution in [0.25, 0.3) is 0 Å². The number of halogens is 1. The van der Waals surface area contributed by atoms with E-state index in [4.69, 9.17) is 16.3 Å². The Morgan fingerprint density at radius 3 is 2.68 bits per heavy atom. The number of rotatable bonds is 3. The molecule has 6 nitrogen and oxygen atoms in total. The Morgan fingerprint density at radius 2 is 2.09 bits per heavy atom. The molecule has 0 unspecified atom stereocenters. The smallest absolute Gasteiger partial charge is 0.254 e. The molecule has 1 amide bonds. The van der Waals surface area contributed by atoms with Crippen LogP contribution in [0.4, 0.5) is 0 Å². The summed E-state index contributed by atoms with van der Waals surface area (Å²) in [6, 6.07) is 4.31. The van der Waals surface area contributed by atoms with Gasteiger partial charge in [-0.2, -0.15) is 0 Å². The molecule has 0 aliphatic carbocycles. The minimum atomic E-state index is -3.70. The maximum atomic E-state index is 12.5. The largest absolute Gasteiger partial charge is 0.375 e. The second kappa shape index (κ2) is 6.54. The zero-order valence-corrected chi connectivity index (χ0v) is 14.3. The van der Waals surface area contributed by atoms with E-state index >= 15 is 0 Å². The van der Waals surface area contributed by atoms with Crippen molar-refractivity contribution in [1.82, 2.24) is 9.21 Å². The number of hydrogen-bond acceptors (Lipinski definition) is 4. The highest BCUT2D eigenvalue weighted by molar-refractivity contribution is 7.89. The fourth-order valence-electron chi connectivity index (χ4n) is 2.22. The van der Waals surface area contributed by atoms with Gasteiger partial charge >= 0.3 is 0 Å². The van der Waals surface area contributed by atoms with Crippen LogP contribution in [0.5, 0.6) is 0 Å². The van der Waals surface area contributed by atoms with Gasteiger partial charge in [-0.25, -0.2) is 12.7 Å². The highest BCUT2D eigenvalue weighted by Crippen LogP contribution is 2.25. The summed E-state index contributed by atoms with van der Waals surface area (Å²) in [5, 5.41) is 0.0978. The molecule has 1 saturated heterocycles. The zero-order valence-electron chi connectivity index (χ0n) is 12.7. The van der Waals surface area contributed by atoms with Gasteiger partial charge < -0.3 is 9.64 Å². The highest BCUT2D eigenvalue weighted by atomic mass is 35.5. The number of nitrogens with zero attached hydrogens (tertiary/aromatic N) is 2. The third kappa shape index (κ3) is 3.43. The van der Waals surface area contributed by atoms with Gasteiger partial charge in [-0.1, -0.05) is 11.6 Å². The van der Waals surface area contributed by atoms with Crippen LogP contribution < -0.4 is 0 Å². The quantitative estimate of drug-likeness (QED) is 0.830. The molecule has 0 saturated carbocycles. The van der Waals surface area contributed by atoms with E-state index in [0.29, 0.717) is 25.3 Å². The van der Waals surface area contributed by atoms with E-state index in [-0.39, 0.29) is 21.9 Å². The number of hydrogen-bond donors (Lipinski definition) is 0. The second-order valence-electron chi connectivity index (χ2n) is 5.37. The first kappa shape index (κ1) is 17.2. The van der Waals surface area contributed by atoms with Crippen molar-refractivity contribution < 1.29 is 17.9 Å². The molecule has 0 bridgehead atoms. The van der Waals surface area contributed by atoms with Crippen LogP contribution in [0, 0.1) is 0 Å². The lowest BCUT2D eigenvalue weighted by Crippen LogP contribution is -2.44. The first-order valence-electron chi connectivity index (χ1n) is 6.86. The second-order valence-corrected chi connectivity index (χ2v) is 7.89. The van der Waals surface area contributed by atoms with Gasteiger partial charge in [0.25, 0.3) is 5.91 Å². The van der Waals surface area contributed by atoms with E-state index in [0.717, 1.165) is 4.31 Å². The van der Waals surface area contributed by atoms with E-state index < -0.39 is 10.0 Å². The van der Waals surface area contributed by atoms with Gasteiger partial charge in [-0.05, 0) is 25.1 Å². The number of sulfonamides is 1. The van der Waals surface area contributed by atoms with Gasteiger partial charge in [0, 0.05) is 32.7 Å². The maximum Gasteiger partial charge on any atom is 0.254 e. The van der Waals surface area contributed by atoms with Crippen molar-refractivity contribution in [2.24, 2.45) is 0 Å². The lowest BCUT2D eigenvalue weighted by molar-refractivity contribution is -0.0124. The fourth-order valence-corrected chi connectivity index (χ4v) is 3.61. The minimum Gasteiger partial charge on any atom is -0.375 e. The molecule has 1 heterocycles. The van der Waals surface area contributed by atoms with Gasteiger partial charge in [-0.15, -0.1) is 0 Å². The topological polar surface area (TPSA) is 66.9 Å². The molecule has 0 aromatic heterocycles. The third-order valence-corrected chi connectivity index (χ3v) is 5.76. The van der Waals surface area contributed by atoms with Gasteiger partial charge in [0.05, 0.1) is 17.7 Å². The van der Waals surface area contributed by atoms with Gasteiger partial charge in [0.2, 0.25) is 10.0 Å². The number of carbonyl (C=O) groups excluding carboxylic acids is 1. The predicted octanol–water partition coefficient (Wildman–Crippen LogP) is 1.45. The number of morpholine rings is 1. The molecular formula is C14H19ClN2O4S. The first-order chi connectivity index (χ1) is 10.2. The van der Waals surface area contributed by atoms with Crippen molar-refractivity contribution in [3.05, 3.63) is 28.8 Å². The van der Waals surface area contributed by atoms with E-state index in [2.05, 4.69) is 0 Å². The van der Waals surface area contributed by atoms with Gasteiger partial charge in [0.1, 0.15) is 4.90 Å². The summed E-state index contributed by atoms with van der Waals surface area (Å²) >= 11 is 5.99. The molecule has 1 atom stereocenters. The Hall–Kier alpha value is -1.15. The van der Waals surface area contributed by atoms with Crippen molar-refractivity contribution in [1.29, 1.82) is 0 Å². The number of amides is 1. The molecule has 0 N–H and O–H groups in total. The van der Waals surface area contributed by atoms with Gasteiger partial charge in [0.15, 0.2) is 0 Å². The molecule has 0 radical (unpaired) electrons. The number of benzene rings is 1. The van der Waals surface area contributed by atoms with E-state index in [9.17, 15) is 13.2 Å². The molecule has 8 heteroatoms. The molecule has 122 valence electrons. The summed E-state index contributed by atoms with van der Waals surface area (Å²) in [5.74, 6) is -0.220. The fraction of sp³-hybridized carbons (Fsp3) is 0.500. The lowest BCUT2D eigenvalue weighted by atomic mass is 10.2. The van der Waals surface area contributed by atoms with Crippen LogP contribution >= 0.6 is 11.6 Å². The van der Waals surface area contributed by atoms with Crippen molar-refractivity contribution in [3.8, 4) is 0 Å². The van der Waals surface area contributed by atoms with E-state index in [1.54, 1.807) is 11.0 Å². The molecule has 22 heavy (non-hydrogen) atoms. The molecule has 1 aliphatic heterocycles. The predicted molar refractivity (Wildman–Crippen MR) is 83.6 cm³/mol. The molecule has 1 aliphatic rings. The summed E-state index contributed by atoms with van der Waals surface area (Å²) in [6.07, 6.45) is -0.0324. The SMILES string of the molecule is C[C@H]1CN(C(=O)c2ccc(Cl)c(S(=O)(=O)N(C)C)c2)CCO1. The molecule has 1 aromatic rings. The minimum absolute atomic E-state index is 0.0324. The van der Waals surface area contributed by atoms with Crippen molar-refractivity contribution in [2.45, 2.75) is 17.9 Å². The van der Waals surface area contributed by atoms with Crippen LogP contribution in [0.2, 0.25) is 5.02 Å². The van der Waals surface area contributed by atoms with Crippen LogP contribution in [-0.4, -0.2) is 63.4 Å². The monoisotopic (exact) mass is 346 g/mol. The molecule has 2 rings (SSSR count). The first-order valence-corrected chi connectivity index (χ1v) is 8.68. The Morgan fingerprint density at radius 1 is 1.41 bits per heavy atom. The number of carbonyl (C=O) groups is 1. The lowest BCUT2D eigenvalue weighted by Gasteiger charge is -2.31. The third-order valence-electron chi connectivity index (χ3n) is 3.47. The van der Waals surface area contributed by atoms with Crippen molar-refractivity contribution >= 4 is 27.5 Å². The Bertz CT molecular complexity index is 675. The highest BCUT2D eigenvalue weighted by Gasteiger charge is 2.26. The van der Waals surface area contributed by atoms with Crippen molar-refractivity contribution in [2.75, 3.05) is 33.8 Å². The average Bonchev–Trinajstić information content (AvgIpc) is 2.46. The van der Waals surface area contributed by atoms with E-state index in [1.165, 1.54) is 26.2 Å². The summed E-state index contributed by atoms with van der Waals surface area (Å²) in [4.78, 5) is 14.1.